The molecule has 154 valence electrons. The Balaban J connectivity index is 1.49. The van der Waals surface area contributed by atoms with Gasteiger partial charge in [0.05, 0.1) is 18.7 Å². The minimum Gasteiger partial charge on any atom is -0.465 e. The van der Waals surface area contributed by atoms with Gasteiger partial charge in [0.15, 0.2) is 0 Å². The Hall–Kier alpha value is -1.92. The monoisotopic (exact) mass is 388 g/mol. The molecule has 3 rings (SSSR count). The largest absolute Gasteiger partial charge is 0.465 e. The van der Waals surface area contributed by atoms with Crippen LogP contribution in [0.4, 0.5) is 0 Å². The van der Waals surface area contributed by atoms with E-state index in [2.05, 4.69) is 11.8 Å². The lowest BCUT2D eigenvalue weighted by atomic mass is 10.1. The first kappa shape index (κ1) is 20.8. The van der Waals surface area contributed by atoms with E-state index in [-0.39, 0.29) is 24.6 Å². The van der Waals surface area contributed by atoms with Crippen LogP contribution in [-0.2, 0) is 20.8 Å². The van der Waals surface area contributed by atoms with Gasteiger partial charge >= 0.3 is 11.9 Å². The maximum Gasteiger partial charge on any atom is 0.338 e. The summed E-state index contributed by atoms with van der Waals surface area (Å²) in [6.45, 7) is 8.03. The number of carbonyl (C=O) groups is 2. The van der Waals surface area contributed by atoms with Crippen molar-refractivity contribution >= 4 is 11.9 Å². The molecule has 1 aliphatic carbocycles. The predicted octanol–water partition coefficient (Wildman–Crippen LogP) is 2.86. The molecule has 6 nitrogen and oxygen atoms in total. The second-order valence-corrected chi connectivity index (χ2v) is 7.70. The van der Waals surface area contributed by atoms with Crippen LogP contribution in [0.15, 0.2) is 24.3 Å². The summed E-state index contributed by atoms with van der Waals surface area (Å²) in [5.74, 6) is -0.513. The Morgan fingerprint density at radius 3 is 2.54 bits per heavy atom. The number of benzene rings is 1. The van der Waals surface area contributed by atoms with E-state index in [9.17, 15) is 9.59 Å². The van der Waals surface area contributed by atoms with Crippen LogP contribution in [0.25, 0.3) is 0 Å². The highest BCUT2D eigenvalue weighted by Gasteiger charge is 2.28. The Labute approximate surface area is 167 Å². The quantitative estimate of drug-likeness (QED) is 0.607. The zero-order valence-corrected chi connectivity index (χ0v) is 17.1. The number of hydrogen-bond donors (Lipinski definition) is 0. The molecule has 1 saturated carbocycles. The summed E-state index contributed by atoms with van der Waals surface area (Å²) in [7, 11) is 0. The van der Waals surface area contributed by atoms with Gasteiger partial charge < -0.3 is 9.47 Å². The minimum atomic E-state index is -0.288. The van der Waals surface area contributed by atoms with E-state index in [0.29, 0.717) is 18.7 Å². The van der Waals surface area contributed by atoms with Crippen molar-refractivity contribution in [2.75, 3.05) is 32.8 Å². The molecule has 1 heterocycles. The van der Waals surface area contributed by atoms with Crippen LogP contribution < -0.4 is 0 Å². The number of piperidine rings is 1. The number of hydrogen-bond acceptors (Lipinski definition) is 6. The second kappa shape index (κ2) is 10.0. The molecule has 1 aliphatic heterocycles. The van der Waals surface area contributed by atoms with Gasteiger partial charge in [-0.3, -0.25) is 14.6 Å². The summed E-state index contributed by atoms with van der Waals surface area (Å²) >= 11 is 0. The van der Waals surface area contributed by atoms with Crippen molar-refractivity contribution in [3.05, 3.63) is 35.4 Å². The highest BCUT2D eigenvalue weighted by molar-refractivity contribution is 5.89. The molecule has 0 aromatic heterocycles. The summed E-state index contributed by atoms with van der Waals surface area (Å²) in [4.78, 5) is 28.7. The van der Waals surface area contributed by atoms with E-state index in [0.717, 1.165) is 38.5 Å². The Morgan fingerprint density at radius 2 is 1.89 bits per heavy atom. The lowest BCUT2D eigenvalue weighted by molar-refractivity contribution is -0.145. The molecule has 1 aromatic rings. The molecule has 0 amide bonds. The molecule has 2 fully saturated rings. The average molecular weight is 389 g/mol. The SMILES string of the molecule is CCOC(=O)CN1CCC[C@H](OC(=O)c2ccc(CN(CC)C3CC3)cc2)C1. The van der Waals surface area contributed by atoms with Gasteiger partial charge in [-0.05, 0) is 63.4 Å². The van der Waals surface area contributed by atoms with Gasteiger partial charge in [-0.15, -0.1) is 0 Å². The first-order valence-corrected chi connectivity index (χ1v) is 10.5. The van der Waals surface area contributed by atoms with Crippen molar-refractivity contribution in [3.8, 4) is 0 Å². The molecule has 0 bridgehead atoms. The van der Waals surface area contributed by atoms with Crippen LogP contribution in [0.3, 0.4) is 0 Å². The van der Waals surface area contributed by atoms with Gasteiger partial charge in [0.25, 0.3) is 0 Å². The Morgan fingerprint density at radius 1 is 1.14 bits per heavy atom. The molecule has 6 heteroatoms. The number of ether oxygens (including phenoxy) is 2. The van der Waals surface area contributed by atoms with Crippen molar-refractivity contribution in [3.63, 3.8) is 0 Å². The fourth-order valence-electron chi connectivity index (χ4n) is 3.78. The molecular formula is C22H32N2O4. The predicted molar refractivity (Wildman–Crippen MR) is 107 cm³/mol. The zero-order chi connectivity index (χ0) is 19.9. The van der Waals surface area contributed by atoms with Gasteiger partial charge in [0.2, 0.25) is 0 Å². The van der Waals surface area contributed by atoms with E-state index < -0.39 is 0 Å². The molecule has 1 saturated heterocycles. The molecular weight excluding hydrogens is 356 g/mol. The molecule has 0 N–H and O–H groups in total. The summed E-state index contributed by atoms with van der Waals surface area (Å²) in [5, 5.41) is 0. The number of likely N-dealkylation sites (tertiary alicyclic amines) is 1. The zero-order valence-electron chi connectivity index (χ0n) is 17.1. The smallest absolute Gasteiger partial charge is 0.338 e. The number of esters is 2. The second-order valence-electron chi connectivity index (χ2n) is 7.70. The number of carbonyl (C=O) groups excluding carboxylic acids is 2. The molecule has 0 radical (unpaired) electrons. The Kier molecular flexibility index (Phi) is 7.45. The summed E-state index contributed by atoms with van der Waals surface area (Å²) in [6, 6.07) is 8.50. The minimum absolute atomic E-state index is 0.180. The van der Waals surface area contributed by atoms with E-state index >= 15 is 0 Å². The fourth-order valence-corrected chi connectivity index (χ4v) is 3.78. The van der Waals surface area contributed by atoms with Gasteiger partial charge in [-0.25, -0.2) is 4.79 Å². The highest BCUT2D eigenvalue weighted by Crippen LogP contribution is 2.28. The normalized spacial score (nSPS) is 20.2. The first-order chi connectivity index (χ1) is 13.6. The number of rotatable bonds is 9. The van der Waals surface area contributed by atoms with Crippen molar-refractivity contribution in [2.24, 2.45) is 0 Å². The van der Waals surface area contributed by atoms with E-state index in [4.69, 9.17) is 9.47 Å². The molecule has 28 heavy (non-hydrogen) atoms. The topological polar surface area (TPSA) is 59.1 Å². The van der Waals surface area contributed by atoms with Crippen LogP contribution in [0.1, 0.15) is 55.5 Å². The lowest BCUT2D eigenvalue weighted by Crippen LogP contribution is -2.43. The van der Waals surface area contributed by atoms with Gasteiger partial charge in [-0.2, -0.15) is 0 Å². The van der Waals surface area contributed by atoms with Crippen LogP contribution in [0, 0.1) is 0 Å². The highest BCUT2D eigenvalue weighted by atomic mass is 16.5. The fraction of sp³-hybridized carbons (Fsp3) is 0.636. The summed E-state index contributed by atoms with van der Waals surface area (Å²) in [5.41, 5.74) is 1.81. The van der Waals surface area contributed by atoms with Gasteiger partial charge in [0, 0.05) is 19.1 Å². The van der Waals surface area contributed by atoms with Crippen molar-refractivity contribution in [2.45, 2.75) is 58.2 Å². The molecule has 1 aromatic carbocycles. The lowest BCUT2D eigenvalue weighted by Gasteiger charge is -2.31. The first-order valence-electron chi connectivity index (χ1n) is 10.5. The third kappa shape index (κ3) is 6.04. The molecule has 1 atom stereocenters. The molecule has 0 unspecified atom stereocenters. The summed E-state index contributed by atoms with van der Waals surface area (Å²) < 4.78 is 10.7. The third-order valence-corrected chi connectivity index (χ3v) is 5.44. The van der Waals surface area contributed by atoms with Gasteiger partial charge in [0.1, 0.15) is 6.10 Å². The average Bonchev–Trinajstić information content (AvgIpc) is 3.52. The van der Waals surface area contributed by atoms with Crippen LogP contribution in [-0.4, -0.2) is 66.7 Å². The van der Waals surface area contributed by atoms with Crippen molar-refractivity contribution < 1.29 is 19.1 Å². The van der Waals surface area contributed by atoms with Crippen LogP contribution >= 0.6 is 0 Å². The van der Waals surface area contributed by atoms with Crippen molar-refractivity contribution in [1.82, 2.24) is 9.80 Å². The van der Waals surface area contributed by atoms with Crippen molar-refractivity contribution in [1.29, 1.82) is 0 Å². The molecule has 0 spiro atoms. The van der Waals surface area contributed by atoms with Crippen LogP contribution in [0.5, 0.6) is 0 Å². The van der Waals surface area contributed by atoms with Crippen LogP contribution in [0.2, 0.25) is 0 Å². The maximum atomic E-state index is 12.5. The molecule has 2 aliphatic rings. The van der Waals surface area contributed by atoms with Gasteiger partial charge in [-0.1, -0.05) is 19.1 Å². The maximum absolute atomic E-state index is 12.5. The Bertz CT molecular complexity index is 657. The number of nitrogens with zero attached hydrogens (tertiary/aromatic N) is 2. The standard InChI is InChI=1S/C22H32N2O4/c1-3-24(19-11-12-19)14-17-7-9-18(10-8-17)22(26)28-20-6-5-13-23(15-20)16-21(25)27-4-2/h7-10,19-20H,3-6,11-16H2,1-2H3/t20-/m0/s1. The third-order valence-electron chi connectivity index (χ3n) is 5.44. The summed E-state index contributed by atoms with van der Waals surface area (Å²) in [6.07, 6.45) is 4.15. The van der Waals surface area contributed by atoms with E-state index in [1.54, 1.807) is 6.92 Å². The van der Waals surface area contributed by atoms with E-state index in [1.165, 1.54) is 18.4 Å². The van der Waals surface area contributed by atoms with E-state index in [1.807, 2.05) is 29.2 Å².